The number of aliphatic hydroxyl groups excluding tert-OH is 1. The molecule has 1 amide bonds. The largest absolute Gasteiger partial charge is 0.481 e. The molecule has 0 bridgehead atoms. The first-order chi connectivity index (χ1) is 23.7. The topological polar surface area (TPSA) is 130 Å². The Bertz CT molecular complexity index is 1540. The van der Waals surface area contributed by atoms with E-state index in [-0.39, 0.29) is 75.6 Å². The van der Waals surface area contributed by atoms with Crippen LogP contribution in [0.15, 0.2) is 11.1 Å². The van der Waals surface area contributed by atoms with Crippen molar-refractivity contribution in [3.63, 3.8) is 0 Å². The fourth-order valence-corrected chi connectivity index (χ4v) is 14.1. The summed E-state index contributed by atoms with van der Waals surface area (Å²) in [6.45, 7) is 20.4. The van der Waals surface area contributed by atoms with Gasteiger partial charge in [-0.15, -0.1) is 0 Å². The smallest absolute Gasteiger partial charge is 0.309 e. The number of nitrogens with one attached hydrogen (secondary N) is 1. The minimum Gasteiger partial charge on any atom is -0.481 e. The maximum Gasteiger partial charge on any atom is 0.309 e. The van der Waals surface area contributed by atoms with Gasteiger partial charge in [0.15, 0.2) is 5.78 Å². The third-order valence-corrected chi connectivity index (χ3v) is 17.6. The van der Waals surface area contributed by atoms with E-state index in [2.05, 4.69) is 53.8 Å². The average Bonchev–Trinajstić information content (AvgIpc) is 3.83. The van der Waals surface area contributed by atoms with E-state index < -0.39 is 28.8 Å². The van der Waals surface area contributed by atoms with Gasteiger partial charge in [-0.2, -0.15) is 0 Å². The van der Waals surface area contributed by atoms with Gasteiger partial charge < -0.3 is 20.3 Å². The number of Topliss-reactive ketones (excluding diaryl/α,β-unsaturated/α-hetero) is 1. The molecule has 0 aromatic heterocycles. The number of carbonyl (C=O) groups is 4. The summed E-state index contributed by atoms with van der Waals surface area (Å²) in [6.07, 6.45) is 9.31. The van der Waals surface area contributed by atoms with E-state index in [1.165, 1.54) is 5.57 Å². The minimum absolute atomic E-state index is 0.0333. The predicted octanol–water partition coefficient (Wildman–Crippen LogP) is 7.51. The zero-order valence-electron chi connectivity index (χ0n) is 32.8. The van der Waals surface area contributed by atoms with Gasteiger partial charge in [0.05, 0.1) is 17.9 Å². The minimum atomic E-state index is -0.833. The van der Waals surface area contributed by atoms with Crippen LogP contribution in [0, 0.1) is 73.9 Å². The van der Waals surface area contributed by atoms with Gasteiger partial charge in [-0.1, -0.05) is 67.9 Å². The molecule has 7 aliphatic rings. The Balaban J connectivity index is 1.14. The molecule has 284 valence electrons. The first-order valence-electron chi connectivity index (χ1n) is 20.3. The number of amides is 1. The number of rotatable bonds is 8. The number of hydrogen-bond donors (Lipinski definition) is 3. The van der Waals surface area contributed by atoms with Crippen LogP contribution in [0.4, 0.5) is 0 Å². The van der Waals surface area contributed by atoms with Gasteiger partial charge in [-0.3, -0.25) is 19.2 Å². The molecule has 0 spiro atoms. The first kappa shape index (κ1) is 37.1. The second kappa shape index (κ2) is 11.9. The quantitative estimate of drug-likeness (QED) is 0.223. The molecule has 8 heteroatoms. The summed E-state index contributed by atoms with van der Waals surface area (Å²) < 4.78 is 6.39. The highest BCUT2D eigenvalue weighted by molar-refractivity contribution is 6.00. The summed E-state index contributed by atoms with van der Waals surface area (Å²) >= 11 is 0. The number of fused-ring (bicyclic) bond motifs is 7. The molecule has 8 nitrogen and oxygen atoms in total. The van der Waals surface area contributed by atoms with E-state index in [9.17, 15) is 29.4 Å². The number of carbonyl (C=O) groups excluding carboxylic acids is 3. The fraction of sp³-hybridized carbons (Fsp3) is 0.860. The van der Waals surface area contributed by atoms with Crippen molar-refractivity contribution in [2.75, 3.05) is 6.54 Å². The van der Waals surface area contributed by atoms with Gasteiger partial charge in [0.2, 0.25) is 5.91 Å². The molecule has 0 unspecified atom stereocenters. The molecule has 0 aliphatic heterocycles. The van der Waals surface area contributed by atoms with E-state index in [4.69, 9.17) is 4.74 Å². The van der Waals surface area contributed by atoms with Crippen molar-refractivity contribution in [1.82, 2.24) is 5.32 Å². The fourth-order valence-electron chi connectivity index (χ4n) is 14.1. The van der Waals surface area contributed by atoms with E-state index in [1.54, 1.807) is 0 Å². The number of hydrogen-bond acceptors (Lipinski definition) is 6. The summed E-state index contributed by atoms with van der Waals surface area (Å²) in [5, 5.41) is 24.6. The molecule has 7 aliphatic carbocycles. The first-order valence-corrected chi connectivity index (χ1v) is 20.3. The van der Waals surface area contributed by atoms with E-state index >= 15 is 0 Å². The average molecular weight is 708 g/mol. The summed E-state index contributed by atoms with van der Waals surface area (Å²) in [5.41, 5.74) is 0.831. The zero-order chi connectivity index (χ0) is 37.3. The summed E-state index contributed by atoms with van der Waals surface area (Å²) in [4.78, 5) is 51.9. The molecule has 0 saturated heterocycles. The normalized spacial score (nSPS) is 44.3. The lowest BCUT2D eigenvalue weighted by Crippen LogP contribution is -2.66. The Hall–Kier alpha value is -2.22. The second-order valence-corrected chi connectivity index (χ2v) is 20.7. The van der Waals surface area contributed by atoms with Crippen LogP contribution in [0.1, 0.15) is 139 Å². The molecule has 7 rings (SSSR count). The third kappa shape index (κ3) is 5.13. The van der Waals surface area contributed by atoms with Crippen molar-refractivity contribution in [2.45, 2.75) is 152 Å². The van der Waals surface area contributed by atoms with E-state index in [0.29, 0.717) is 24.7 Å². The number of aliphatic carboxylic acids is 1. The number of aliphatic hydroxyl groups is 1. The lowest BCUT2D eigenvalue weighted by Gasteiger charge is -2.72. The van der Waals surface area contributed by atoms with Crippen molar-refractivity contribution in [3.05, 3.63) is 11.1 Å². The molecule has 6 saturated carbocycles. The van der Waals surface area contributed by atoms with Crippen LogP contribution in [0.5, 0.6) is 0 Å². The molecule has 51 heavy (non-hydrogen) atoms. The molecular formula is C43H65NO7. The monoisotopic (exact) mass is 707 g/mol. The Labute approximate surface area is 305 Å². The van der Waals surface area contributed by atoms with Crippen LogP contribution in [0.25, 0.3) is 0 Å². The van der Waals surface area contributed by atoms with Gasteiger partial charge >= 0.3 is 11.9 Å². The van der Waals surface area contributed by atoms with E-state index in [1.807, 2.05) is 13.8 Å². The number of allylic oxidation sites excluding steroid dienone is 1. The van der Waals surface area contributed by atoms with Crippen molar-refractivity contribution in [3.8, 4) is 0 Å². The van der Waals surface area contributed by atoms with Gasteiger partial charge in [-0.25, -0.2) is 0 Å². The van der Waals surface area contributed by atoms with Crippen molar-refractivity contribution in [1.29, 1.82) is 0 Å². The molecule has 0 heterocycles. The van der Waals surface area contributed by atoms with Crippen LogP contribution in [0.2, 0.25) is 0 Å². The maximum atomic E-state index is 13.9. The Morgan fingerprint density at radius 3 is 2.12 bits per heavy atom. The third-order valence-electron chi connectivity index (χ3n) is 17.6. The SMILES string of the molecule is CC(C)C1=C2[C@H]3CC[C@@H]4[C@@]5(C)CC[C@H](OC(=O)[C@H]6C[C@@H](C(=O)O)C6(C)C)C(C)(C)[C@@H]5CC[C@@]4(C)[C@]3(C)CC[C@@]2([C@@H](O)CNC(=O)C2CC2)CC1=O. The van der Waals surface area contributed by atoms with E-state index in [0.717, 1.165) is 69.8 Å². The number of carboxylic acid groups (broad SMARTS) is 1. The van der Waals surface area contributed by atoms with Crippen LogP contribution < -0.4 is 5.32 Å². The summed E-state index contributed by atoms with van der Waals surface area (Å²) in [5.74, 6) is -0.476. The van der Waals surface area contributed by atoms with Gasteiger partial charge in [-0.05, 0) is 122 Å². The van der Waals surface area contributed by atoms with Crippen LogP contribution in [-0.2, 0) is 23.9 Å². The molecule has 3 N–H and O–H groups in total. The van der Waals surface area contributed by atoms with Crippen molar-refractivity contribution >= 4 is 23.6 Å². The predicted molar refractivity (Wildman–Crippen MR) is 194 cm³/mol. The number of ether oxygens (including phenoxy) is 1. The summed E-state index contributed by atoms with van der Waals surface area (Å²) in [6, 6.07) is 0. The number of esters is 1. The maximum absolute atomic E-state index is 13.9. The van der Waals surface area contributed by atoms with Gasteiger partial charge in [0.1, 0.15) is 6.10 Å². The van der Waals surface area contributed by atoms with Crippen molar-refractivity contribution < 1.29 is 34.1 Å². The van der Waals surface area contributed by atoms with Gasteiger partial charge in [0.25, 0.3) is 0 Å². The zero-order valence-corrected chi connectivity index (χ0v) is 32.8. The highest BCUT2D eigenvalue weighted by Gasteiger charge is 2.71. The summed E-state index contributed by atoms with van der Waals surface area (Å²) in [7, 11) is 0. The highest BCUT2D eigenvalue weighted by Crippen LogP contribution is 2.77. The number of carboxylic acids is 1. The number of ketones is 1. The lowest BCUT2D eigenvalue weighted by atomic mass is 9.33. The standard InChI is InChI=1S/C43H65NO7/c1-23(2)33-28(45)21-43(31(46)22-44-35(47)24-10-11-24)19-18-41(8)25(34(33)43)12-13-30-40(7)16-15-32(39(5,6)29(40)14-17-42(30,41)9)51-37(50)27-20-26(36(48)49)38(27,3)4/h23-27,29-32,46H,10-22H2,1-9H3,(H,44,47)(H,48,49)/t25-,26+,27-,29+,30-,31+,32+,40+,41-,42-,43+/m1/s1. The van der Waals surface area contributed by atoms with Crippen LogP contribution in [0.3, 0.4) is 0 Å². The Kier molecular flexibility index (Phi) is 8.65. The van der Waals surface area contributed by atoms with Gasteiger partial charge in [0, 0.05) is 29.7 Å². The molecule has 11 atom stereocenters. The Morgan fingerprint density at radius 2 is 1.51 bits per heavy atom. The molecule has 6 fully saturated rings. The van der Waals surface area contributed by atoms with Crippen LogP contribution >= 0.6 is 0 Å². The highest BCUT2D eigenvalue weighted by atomic mass is 16.5. The lowest BCUT2D eigenvalue weighted by molar-refractivity contribution is -0.238. The van der Waals surface area contributed by atoms with Crippen LogP contribution in [-0.4, -0.2) is 52.6 Å². The van der Waals surface area contributed by atoms with Crippen molar-refractivity contribution in [2.24, 2.45) is 73.9 Å². The molecule has 0 radical (unpaired) electrons. The molecular weight excluding hydrogens is 642 g/mol. The second-order valence-electron chi connectivity index (χ2n) is 20.7. The molecule has 0 aromatic rings. The Morgan fingerprint density at radius 1 is 0.824 bits per heavy atom. The molecule has 0 aromatic carbocycles.